The van der Waals surface area contributed by atoms with E-state index in [-0.39, 0.29) is 40.3 Å². The highest BCUT2D eigenvalue weighted by Crippen LogP contribution is 2.32. The zero-order valence-electron chi connectivity index (χ0n) is 15.3. The van der Waals surface area contributed by atoms with Crippen LogP contribution in [-0.2, 0) is 11.2 Å². The lowest BCUT2D eigenvalue weighted by atomic mass is 10.0. The number of halogens is 2. The topological polar surface area (TPSA) is 106 Å². The average molecular weight is 432 g/mol. The molecule has 0 radical (unpaired) electrons. The highest BCUT2D eigenvalue weighted by atomic mass is 32.1. The molecule has 1 amide bonds. The number of ether oxygens (including phenoxy) is 1. The lowest BCUT2D eigenvalue weighted by Gasteiger charge is -2.30. The van der Waals surface area contributed by atoms with Gasteiger partial charge < -0.3 is 19.7 Å². The number of pyridine rings is 1. The molecule has 8 nitrogen and oxygen atoms in total. The Bertz CT molecular complexity index is 1240. The Kier molecular flexibility index (Phi) is 4.36. The van der Waals surface area contributed by atoms with Crippen LogP contribution in [0, 0.1) is 11.6 Å². The molecule has 0 aliphatic carbocycles. The third-order valence-electron chi connectivity index (χ3n) is 5.20. The zero-order chi connectivity index (χ0) is 21.0. The second-order valence-electron chi connectivity index (χ2n) is 7.07. The third-order valence-corrected chi connectivity index (χ3v) is 6.16. The van der Waals surface area contributed by atoms with E-state index in [2.05, 4.69) is 15.5 Å². The Hall–Kier alpha value is -3.18. The summed E-state index contributed by atoms with van der Waals surface area (Å²) in [6.07, 6.45) is 1.55. The third kappa shape index (κ3) is 2.97. The highest BCUT2D eigenvalue weighted by molar-refractivity contribution is 7.14. The quantitative estimate of drug-likeness (QED) is 0.652. The van der Waals surface area contributed by atoms with Crippen LogP contribution >= 0.6 is 11.3 Å². The summed E-state index contributed by atoms with van der Waals surface area (Å²) in [4.78, 5) is 25.0. The van der Waals surface area contributed by atoms with E-state index >= 15 is 0 Å². The summed E-state index contributed by atoms with van der Waals surface area (Å²) >= 11 is 1.05. The van der Waals surface area contributed by atoms with Gasteiger partial charge in [-0.15, -0.1) is 10.2 Å². The number of aromatic nitrogens is 3. The van der Waals surface area contributed by atoms with Gasteiger partial charge in [-0.05, 0) is 11.6 Å². The largest absolute Gasteiger partial charge is 0.503 e. The predicted octanol–water partition coefficient (Wildman–Crippen LogP) is 1.62. The molecule has 2 aliphatic heterocycles. The number of benzene rings is 1. The minimum absolute atomic E-state index is 0.0724. The van der Waals surface area contributed by atoms with Crippen molar-refractivity contribution in [2.45, 2.75) is 18.5 Å². The highest BCUT2D eigenvalue weighted by Gasteiger charge is 2.39. The summed E-state index contributed by atoms with van der Waals surface area (Å²) in [5, 5.41) is 21.8. The number of hydrogen-bond donors (Lipinski definition) is 2. The number of nitrogens with one attached hydrogen (secondary N) is 1. The van der Waals surface area contributed by atoms with Crippen molar-refractivity contribution in [2.75, 3.05) is 13.2 Å². The summed E-state index contributed by atoms with van der Waals surface area (Å²) in [7, 11) is 0. The minimum Gasteiger partial charge on any atom is -0.503 e. The molecule has 0 spiro atoms. The fourth-order valence-corrected chi connectivity index (χ4v) is 4.58. The lowest BCUT2D eigenvalue weighted by Crippen LogP contribution is -2.48. The second kappa shape index (κ2) is 6.96. The van der Waals surface area contributed by atoms with Crippen LogP contribution < -0.4 is 10.7 Å². The lowest BCUT2D eigenvalue weighted by molar-refractivity contribution is 0.0886. The second-order valence-corrected chi connectivity index (χ2v) is 8.14. The van der Waals surface area contributed by atoms with Gasteiger partial charge in [0.15, 0.2) is 16.5 Å². The molecule has 2 atom stereocenters. The van der Waals surface area contributed by atoms with Gasteiger partial charge in [0.2, 0.25) is 5.43 Å². The van der Waals surface area contributed by atoms with Crippen LogP contribution in [0.5, 0.6) is 5.75 Å². The number of nitrogens with zero attached hydrogens (tertiary/aromatic N) is 3. The van der Waals surface area contributed by atoms with Gasteiger partial charge in [-0.3, -0.25) is 9.59 Å². The molecule has 2 aliphatic rings. The van der Waals surface area contributed by atoms with E-state index in [4.69, 9.17) is 4.74 Å². The Morgan fingerprint density at radius 2 is 2.10 bits per heavy atom. The summed E-state index contributed by atoms with van der Waals surface area (Å²) < 4.78 is 34.0. The fourth-order valence-electron chi connectivity index (χ4n) is 3.71. The van der Waals surface area contributed by atoms with E-state index in [0.717, 1.165) is 23.5 Å². The molecule has 1 fully saturated rings. The molecule has 0 bridgehead atoms. The molecular weight excluding hydrogens is 418 g/mol. The predicted molar refractivity (Wildman–Crippen MR) is 102 cm³/mol. The van der Waals surface area contributed by atoms with Crippen LogP contribution in [0.1, 0.15) is 27.1 Å². The zero-order valence-corrected chi connectivity index (χ0v) is 16.1. The molecule has 30 heavy (non-hydrogen) atoms. The maximum absolute atomic E-state index is 13.9. The van der Waals surface area contributed by atoms with Crippen molar-refractivity contribution in [2.24, 2.45) is 0 Å². The van der Waals surface area contributed by atoms with Crippen molar-refractivity contribution >= 4 is 17.2 Å². The maximum Gasteiger partial charge on any atom is 0.272 e. The van der Waals surface area contributed by atoms with Gasteiger partial charge in [0.1, 0.15) is 16.6 Å². The Morgan fingerprint density at radius 1 is 1.27 bits per heavy atom. The molecule has 3 aromatic rings. The molecule has 0 saturated carbocycles. The molecule has 5 rings (SSSR count). The monoisotopic (exact) mass is 432 g/mol. The Labute approximate surface area is 171 Å². The van der Waals surface area contributed by atoms with E-state index in [1.54, 1.807) is 4.57 Å². The number of rotatable bonds is 3. The van der Waals surface area contributed by atoms with Crippen molar-refractivity contribution in [3.8, 4) is 16.3 Å². The molecule has 2 unspecified atom stereocenters. The summed E-state index contributed by atoms with van der Waals surface area (Å²) in [6, 6.07) is 2.75. The molecule has 154 valence electrons. The van der Waals surface area contributed by atoms with Crippen molar-refractivity contribution in [3.63, 3.8) is 0 Å². The van der Waals surface area contributed by atoms with E-state index < -0.39 is 28.7 Å². The van der Waals surface area contributed by atoms with Crippen molar-refractivity contribution in [1.29, 1.82) is 0 Å². The summed E-state index contributed by atoms with van der Waals surface area (Å²) in [5.41, 5.74) is -0.537. The fraction of sp³-hybridized carbons (Fsp3) is 0.263. The molecular formula is C19H14F2N4O4S. The standard InChI is InChI=1S/C19H14F2N4O4S/c20-9-2-1-8(11(21)4-9)3-14-23-24-19(30-14)10-5-25-13-7-29-6-12(13)22-18(28)15(25)17(27)16(10)26/h1-2,4-5,12-13,27H,3,6-7H2,(H,22,28). The molecule has 1 aromatic carbocycles. The smallest absolute Gasteiger partial charge is 0.272 e. The van der Waals surface area contributed by atoms with E-state index in [0.29, 0.717) is 18.2 Å². The number of fused-ring (bicyclic) bond motifs is 3. The molecule has 1 saturated heterocycles. The van der Waals surface area contributed by atoms with Crippen LogP contribution in [0.3, 0.4) is 0 Å². The number of aromatic hydroxyl groups is 1. The first-order valence-corrected chi connectivity index (χ1v) is 9.87. The van der Waals surface area contributed by atoms with Crippen molar-refractivity contribution < 1.29 is 23.4 Å². The Morgan fingerprint density at radius 3 is 2.90 bits per heavy atom. The van der Waals surface area contributed by atoms with E-state index in [1.807, 2.05) is 0 Å². The van der Waals surface area contributed by atoms with Gasteiger partial charge in [-0.2, -0.15) is 0 Å². The van der Waals surface area contributed by atoms with Crippen LogP contribution in [0.2, 0.25) is 0 Å². The average Bonchev–Trinajstić information content (AvgIpc) is 3.36. The molecule has 11 heteroatoms. The number of hydrogen-bond acceptors (Lipinski definition) is 7. The number of carbonyl (C=O) groups excluding carboxylic acids is 1. The maximum atomic E-state index is 13.9. The first kappa shape index (κ1) is 18.8. The first-order chi connectivity index (χ1) is 14.4. The SMILES string of the molecule is O=C1NC2COCC2n2cc(-c3nnc(Cc4ccc(F)cc4F)s3)c(=O)c(O)c21. The van der Waals surface area contributed by atoms with Gasteiger partial charge >= 0.3 is 0 Å². The van der Waals surface area contributed by atoms with Gasteiger partial charge in [-0.1, -0.05) is 17.4 Å². The van der Waals surface area contributed by atoms with Crippen LogP contribution in [-0.4, -0.2) is 45.0 Å². The van der Waals surface area contributed by atoms with Gasteiger partial charge in [0, 0.05) is 18.7 Å². The van der Waals surface area contributed by atoms with Gasteiger partial charge in [-0.25, -0.2) is 8.78 Å². The van der Waals surface area contributed by atoms with E-state index in [1.165, 1.54) is 12.3 Å². The minimum atomic E-state index is -0.746. The van der Waals surface area contributed by atoms with Crippen LogP contribution in [0.25, 0.3) is 10.6 Å². The Balaban J connectivity index is 1.54. The van der Waals surface area contributed by atoms with Gasteiger partial charge in [0.05, 0.1) is 30.9 Å². The summed E-state index contributed by atoms with van der Waals surface area (Å²) in [5.74, 6) is -2.59. The van der Waals surface area contributed by atoms with E-state index in [9.17, 15) is 23.5 Å². The molecule has 2 N–H and O–H groups in total. The van der Waals surface area contributed by atoms with Gasteiger partial charge in [0.25, 0.3) is 5.91 Å². The van der Waals surface area contributed by atoms with Crippen molar-refractivity contribution in [1.82, 2.24) is 20.1 Å². The normalized spacial score (nSPS) is 20.0. The van der Waals surface area contributed by atoms with Crippen molar-refractivity contribution in [3.05, 3.63) is 62.5 Å². The van der Waals surface area contributed by atoms with Crippen LogP contribution in [0.15, 0.2) is 29.2 Å². The molecule has 2 aromatic heterocycles. The molecule has 4 heterocycles. The van der Waals surface area contributed by atoms with Crippen LogP contribution in [0.4, 0.5) is 8.78 Å². The summed E-state index contributed by atoms with van der Waals surface area (Å²) in [6.45, 7) is 0.662. The number of amides is 1. The number of carbonyl (C=O) groups is 1. The first-order valence-electron chi connectivity index (χ1n) is 9.05.